The third kappa shape index (κ3) is 4.09. The molecule has 0 radical (unpaired) electrons. The van der Waals surface area contributed by atoms with Crippen LogP contribution in [0, 0.1) is 0 Å². The van der Waals surface area contributed by atoms with E-state index in [9.17, 15) is 13.2 Å². The lowest BCUT2D eigenvalue weighted by molar-refractivity contribution is -0.143. The number of ether oxygens (including phenoxy) is 1. The zero-order valence-electron chi connectivity index (χ0n) is 11.3. The second-order valence-electron chi connectivity index (χ2n) is 4.06. The number of benzene rings is 1. The van der Waals surface area contributed by atoms with Gasteiger partial charge in [0.2, 0.25) is 10.0 Å². The lowest BCUT2D eigenvalue weighted by Crippen LogP contribution is -2.29. The number of hydrogen-bond acceptors (Lipinski definition) is 5. The van der Waals surface area contributed by atoms with E-state index in [1.54, 1.807) is 6.92 Å². The molecule has 0 bridgehead atoms. The average molecular weight is 321 g/mol. The smallest absolute Gasteiger partial charge is 0.307 e. The van der Waals surface area contributed by atoms with E-state index < -0.39 is 16.0 Å². The molecular formula is C12H17ClN2O4S. The maximum Gasteiger partial charge on any atom is 0.307 e. The Balaban J connectivity index is 2.82. The minimum Gasteiger partial charge on any atom is -0.466 e. The van der Waals surface area contributed by atoms with Crippen LogP contribution < -0.4 is 5.73 Å². The van der Waals surface area contributed by atoms with E-state index in [1.165, 1.54) is 25.2 Å². The summed E-state index contributed by atoms with van der Waals surface area (Å²) >= 11 is 5.75. The molecule has 0 aliphatic rings. The Morgan fingerprint density at radius 1 is 1.45 bits per heavy atom. The molecule has 0 aromatic heterocycles. The zero-order valence-corrected chi connectivity index (χ0v) is 12.9. The number of nitrogens with zero attached hydrogens (tertiary/aromatic N) is 1. The molecule has 112 valence electrons. The Kier molecular flexibility index (Phi) is 5.79. The van der Waals surface area contributed by atoms with Gasteiger partial charge in [0.05, 0.1) is 28.6 Å². The molecule has 2 N–H and O–H groups in total. The molecule has 20 heavy (non-hydrogen) atoms. The van der Waals surface area contributed by atoms with E-state index >= 15 is 0 Å². The second-order valence-corrected chi connectivity index (χ2v) is 6.52. The maximum atomic E-state index is 12.2. The number of sulfonamides is 1. The first-order valence-corrected chi connectivity index (χ1v) is 7.77. The molecule has 0 saturated carbocycles. The van der Waals surface area contributed by atoms with Gasteiger partial charge in [0.25, 0.3) is 0 Å². The van der Waals surface area contributed by atoms with Crippen LogP contribution in [0.1, 0.15) is 13.3 Å². The SMILES string of the molecule is CCOC(=O)CCN(C)S(=O)(=O)c1ccc(Cl)c(N)c1. The van der Waals surface area contributed by atoms with Crippen molar-refractivity contribution in [2.75, 3.05) is 25.9 Å². The van der Waals surface area contributed by atoms with E-state index in [2.05, 4.69) is 0 Å². The molecule has 1 aromatic rings. The Hall–Kier alpha value is -1.31. The van der Waals surface area contributed by atoms with E-state index in [-0.39, 0.29) is 35.2 Å². The van der Waals surface area contributed by atoms with Crippen molar-refractivity contribution in [3.05, 3.63) is 23.2 Å². The van der Waals surface area contributed by atoms with E-state index in [1.807, 2.05) is 0 Å². The quantitative estimate of drug-likeness (QED) is 0.633. The summed E-state index contributed by atoms with van der Waals surface area (Å²) in [4.78, 5) is 11.3. The molecular weight excluding hydrogens is 304 g/mol. The molecule has 0 aliphatic heterocycles. The number of carbonyl (C=O) groups excluding carboxylic acids is 1. The van der Waals surface area contributed by atoms with E-state index in [0.717, 1.165) is 4.31 Å². The third-order valence-electron chi connectivity index (χ3n) is 2.61. The summed E-state index contributed by atoms with van der Waals surface area (Å²) in [5.41, 5.74) is 5.78. The number of hydrogen-bond donors (Lipinski definition) is 1. The first-order valence-electron chi connectivity index (χ1n) is 5.96. The number of nitrogens with two attached hydrogens (primary N) is 1. The number of carbonyl (C=O) groups is 1. The predicted octanol–water partition coefficient (Wildman–Crippen LogP) is 1.50. The molecule has 6 nitrogen and oxygen atoms in total. The highest BCUT2D eigenvalue weighted by Crippen LogP contribution is 2.24. The topological polar surface area (TPSA) is 89.7 Å². The highest BCUT2D eigenvalue weighted by Gasteiger charge is 2.22. The highest BCUT2D eigenvalue weighted by atomic mass is 35.5. The Morgan fingerprint density at radius 3 is 2.65 bits per heavy atom. The fraction of sp³-hybridized carbons (Fsp3) is 0.417. The normalized spacial score (nSPS) is 11.6. The van der Waals surface area contributed by atoms with E-state index in [0.29, 0.717) is 0 Å². The van der Waals surface area contributed by atoms with Crippen LogP contribution in [0.15, 0.2) is 23.1 Å². The molecule has 0 heterocycles. The minimum atomic E-state index is -3.70. The van der Waals surface area contributed by atoms with Crippen LogP contribution in [-0.2, 0) is 19.6 Å². The molecule has 1 aromatic carbocycles. The van der Waals surface area contributed by atoms with Crippen LogP contribution in [-0.4, -0.2) is 38.9 Å². The number of halogens is 1. The van der Waals surface area contributed by atoms with Gasteiger partial charge in [-0.15, -0.1) is 0 Å². The zero-order chi connectivity index (χ0) is 15.3. The molecule has 0 atom stereocenters. The van der Waals surface area contributed by atoms with Crippen molar-refractivity contribution in [1.82, 2.24) is 4.31 Å². The van der Waals surface area contributed by atoms with Gasteiger partial charge in [-0.05, 0) is 25.1 Å². The first kappa shape index (κ1) is 16.7. The minimum absolute atomic E-state index is 0.00730. The average Bonchev–Trinajstić information content (AvgIpc) is 2.39. The van der Waals surface area contributed by atoms with Gasteiger partial charge in [0.1, 0.15) is 0 Å². The number of rotatable bonds is 6. The van der Waals surface area contributed by atoms with Crippen LogP contribution in [0.25, 0.3) is 0 Å². The summed E-state index contributed by atoms with van der Waals surface area (Å²) in [6, 6.07) is 4.08. The summed E-state index contributed by atoms with van der Waals surface area (Å²) in [6.45, 7) is 1.99. The van der Waals surface area contributed by atoms with Gasteiger partial charge in [0, 0.05) is 13.6 Å². The molecule has 0 fully saturated rings. The fourth-order valence-electron chi connectivity index (χ4n) is 1.46. The second kappa shape index (κ2) is 6.92. The molecule has 8 heteroatoms. The van der Waals surface area contributed by atoms with Gasteiger partial charge in [0.15, 0.2) is 0 Å². The molecule has 0 spiro atoms. The van der Waals surface area contributed by atoms with Gasteiger partial charge in [-0.2, -0.15) is 0 Å². The van der Waals surface area contributed by atoms with Gasteiger partial charge in [-0.25, -0.2) is 12.7 Å². The monoisotopic (exact) mass is 320 g/mol. The van der Waals surface area contributed by atoms with Crippen molar-refractivity contribution in [2.45, 2.75) is 18.2 Å². The molecule has 1 rings (SSSR count). The standard InChI is InChI=1S/C12H17ClN2O4S/c1-3-19-12(16)6-7-15(2)20(17,18)9-4-5-10(13)11(14)8-9/h4-5,8H,3,6-7,14H2,1-2H3. The largest absolute Gasteiger partial charge is 0.466 e. The van der Waals surface area contributed by atoms with Gasteiger partial charge < -0.3 is 10.5 Å². The Labute approximate surface area is 123 Å². The highest BCUT2D eigenvalue weighted by molar-refractivity contribution is 7.89. The van der Waals surface area contributed by atoms with Crippen LogP contribution in [0.2, 0.25) is 5.02 Å². The lowest BCUT2D eigenvalue weighted by Gasteiger charge is -2.17. The van der Waals surface area contributed by atoms with Crippen LogP contribution in [0.5, 0.6) is 0 Å². The summed E-state index contributed by atoms with van der Waals surface area (Å²) < 4.78 is 30.3. The summed E-state index contributed by atoms with van der Waals surface area (Å²) in [5, 5.41) is 0.290. The van der Waals surface area contributed by atoms with Crippen LogP contribution >= 0.6 is 11.6 Å². The van der Waals surface area contributed by atoms with Crippen molar-refractivity contribution in [3.8, 4) is 0 Å². The van der Waals surface area contributed by atoms with Gasteiger partial charge >= 0.3 is 5.97 Å². The number of anilines is 1. The van der Waals surface area contributed by atoms with Gasteiger partial charge in [-0.3, -0.25) is 4.79 Å². The number of esters is 1. The van der Waals surface area contributed by atoms with Crippen LogP contribution in [0.4, 0.5) is 5.69 Å². The van der Waals surface area contributed by atoms with Crippen LogP contribution in [0.3, 0.4) is 0 Å². The predicted molar refractivity (Wildman–Crippen MR) is 76.9 cm³/mol. The Morgan fingerprint density at radius 2 is 2.10 bits per heavy atom. The van der Waals surface area contributed by atoms with Gasteiger partial charge in [-0.1, -0.05) is 11.6 Å². The molecule has 0 unspecified atom stereocenters. The molecule has 0 amide bonds. The summed E-state index contributed by atoms with van der Waals surface area (Å²) in [7, 11) is -2.31. The van der Waals surface area contributed by atoms with Crippen molar-refractivity contribution in [3.63, 3.8) is 0 Å². The summed E-state index contributed by atoms with van der Waals surface area (Å²) in [6.07, 6.45) is -0.00730. The van der Waals surface area contributed by atoms with Crippen molar-refractivity contribution >= 4 is 33.3 Å². The maximum absolute atomic E-state index is 12.2. The van der Waals surface area contributed by atoms with E-state index in [4.69, 9.17) is 22.1 Å². The number of nitrogen functional groups attached to an aromatic ring is 1. The summed E-state index contributed by atoms with van der Waals surface area (Å²) in [5.74, 6) is -0.440. The lowest BCUT2D eigenvalue weighted by atomic mass is 10.3. The fourth-order valence-corrected chi connectivity index (χ4v) is 2.79. The van der Waals surface area contributed by atoms with Crippen molar-refractivity contribution in [1.29, 1.82) is 0 Å². The van der Waals surface area contributed by atoms with Crippen molar-refractivity contribution < 1.29 is 17.9 Å². The molecule has 0 saturated heterocycles. The third-order valence-corrected chi connectivity index (χ3v) is 4.81. The molecule has 0 aliphatic carbocycles. The van der Waals surface area contributed by atoms with Crippen molar-refractivity contribution in [2.24, 2.45) is 0 Å². The first-order chi connectivity index (χ1) is 9.28. The Bertz CT molecular complexity index is 589.